The van der Waals surface area contributed by atoms with Crippen LogP contribution in [-0.2, 0) is 16.4 Å². The van der Waals surface area contributed by atoms with Crippen molar-refractivity contribution in [2.75, 3.05) is 6.54 Å². The number of hydrogen-bond donors (Lipinski definition) is 1. The van der Waals surface area contributed by atoms with E-state index >= 15 is 0 Å². The van der Waals surface area contributed by atoms with Gasteiger partial charge in [0.2, 0.25) is 15.8 Å². The van der Waals surface area contributed by atoms with E-state index in [2.05, 4.69) is 9.98 Å². The number of carbonyl (C=O) groups excluding carboxylic acids is 2. The van der Waals surface area contributed by atoms with E-state index in [9.17, 15) is 18.0 Å². The van der Waals surface area contributed by atoms with Gasteiger partial charge >= 0.3 is 0 Å². The zero-order valence-corrected chi connectivity index (χ0v) is 15.0. The number of aliphatic imine (C=N–C) groups is 1. The predicted molar refractivity (Wildman–Crippen MR) is 94.0 cm³/mol. The Bertz CT molecular complexity index is 989. The molecule has 0 radical (unpaired) electrons. The zero-order valence-electron chi connectivity index (χ0n) is 13.4. The van der Waals surface area contributed by atoms with Crippen molar-refractivity contribution in [3.05, 3.63) is 45.4 Å². The van der Waals surface area contributed by atoms with Gasteiger partial charge < -0.3 is 0 Å². The summed E-state index contributed by atoms with van der Waals surface area (Å²) in [6.45, 7) is 2.08. The van der Waals surface area contributed by atoms with Crippen molar-refractivity contribution in [3.8, 4) is 0 Å². The Kier molecular flexibility index (Phi) is 4.63. The number of Topliss-reactive ketones (excluding diaryl/α,β-unsaturated/α-hetero) is 2. The van der Waals surface area contributed by atoms with Crippen LogP contribution in [0.5, 0.6) is 0 Å². The van der Waals surface area contributed by atoms with E-state index in [1.54, 1.807) is 19.1 Å². The third-order valence-electron chi connectivity index (χ3n) is 3.75. The molecule has 0 bridgehead atoms. The van der Waals surface area contributed by atoms with Crippen LogP contribution in [0.3, 0.4) is 0 Å². The van der Waals surface area contributed by atoms with Crippen LogP contribution in [0.15, 0.2) is 34.2 Å². The van der Waals surface area contributed by atoms with Crippen molar-refractivity contribution in [2.24, 2.45) is 10.1 Å². The highest BCUT2D eigenvalue weighted by Gasteiger charge is 2.32. The number of primary sulfonamides is 1. The summed E-state index contributed by atoms with van der Waals surface area (Å²) in [7, 11) is -3.71. The SMILES string of the molecule is Cc1nc2c(s1)C(=O)CC(=NCCc1ccc(S(N)(=O)=O)cc1)C2=O. The van der Waals surface area contributed by atoms with Crippen LogP contribution in [-0.4, -0.2) is 37.2 Å². The number of ketones is 2. The van der Waals surface area contributed by atoms with Crippen molar-refractivity contribution in [1.82, 2.24) is 4.98 Å². The number of aromatic nitrogens is 1. The third kappa shape index (κ3) is 3.73. The fraction of sp³-hybridized carbons (Fsp3) is 0.250. The van der Waals surface area contributed by atoms with Crippen molar-refractivity contribution >= 4 is 38.6 Å². The first kappa shape index (κ1) is 17.6. The standard InChI is InChI=1S/C16H15N3O4S2/c1-9-19-14-15(21)12(8-13(20)16(14)24-9)18-7-6-10-2-4-11(5-3-10)25(17,22)23/h2-5H,6-8H2,1H3,(H2,17,22,23). The summed E-state index contributed by atoms with van der Waals surface area (Å²) >= 11 is 1.23. The van der Waals surface area contributed by atoms with Crippen LogP contribution in [0, 0.1) is 6.92 Å². The number of rotatable bonds is 4. The van der Waals surface area contributed by atoms with Gasteiger partial charge in [0.05, 0.1) is 22.0 Å². The molecule has 0 saturated heterocycles. The normalized spacial score (nSPS) is 16.3. The number of aryl methyl sites for hydroxylation is 1. The first-order valence-corrected chi connectivity index (χ1v) is 9.82. The maximum atomic E-state index is 12.4. The summed E-state index contributed by atoms with van der Waals surface area (Å²) in [4.78, 5) is 33.3. The maximum absolute atomic E-state index is 12.4. The molecule has 0 spiro atoms. The molecule has 1 heterocycles. The molecule has 1 aliphatic carbocycles. The number of thiazole rings is 1. The summed E-state index contributed by atoms with van der Waals surface area (Å²) in [6.07, 6.45) is 0.511. The minimum atomic E-state index is -3.71. The van der Waals surface area contributed by atoms with E-state index in [0.717, 1.165) is 5.56 Å². The average molecular weight is 377 g/mol. The second kappa shape index (κ2) is 6.58. The molecule has 1 aromatic heterocycles. The van der Waals surface area contributed by atoms with E-state index in [1.165, 1.54) is 23.5 Å². The Morgan fingerprint density at radius 2 is 1.92 bits per heavy atom. The highest BCUT2D eigenvalue weighted by molar-refractivity contribution is 7.89. The summed E-state index contributed by atoms with van der Waals surface area (Å²) in [5.41, 5.74) is 1.29. The molecule has 7 nitrogen and oxygen atoms in total. The molecule has 1 aliphatic rings. The van der Waals surface area contributed by atoms with E-state index < -0.39 is 10.0 Å². The van der Waals surface area contributed by atoms with Crippen molar-refractivity contribution in [2.45, 2.75) is 24.7 Å². The minimum Gasteiger partial charge on any atom is -0.293 e. The van der Waals surface area contributed by atoms with E-state index in [1.807, 2.05) is 0 Å². The molecule has 3 rings (SSSR count). The second-order valence-electron chi connectivity index (χ2n) is 5.61. The van der Waals surface area contributed by atoms with Gasteiger partial charge in [0.1, 0.15) is 10.6 Å². The van der Waals surface area contributed by atoms with Crippen LogP contribution in [0.4, 0.5) is 0 Å². The molecule has 0 amide bonds. The Labute approximate surface area is 148 Å². The fourth-order valence-electron chi connectivity index (χ4n) is 2.51. The molecular weight excluding hydrogens is 362 g/mol. The smallest absolute Gasteiger partial charge is 0.238 e. The zero-order chi connectivity index (χ0) is 18.2. The highest BCUT2D eigenvalue weighted by atomic mass is 32.2. The number of nitrogens with two attached hydrogens (primary N) is 1. The van der Waals surface area contributed by atoms with Crippen LogP contribution in [0.1, 0.15) is 37.2 Å². The molecule has 0 unspecified atom stereocenters. The Balaban J connectivity index is 1.71. The first-order chi connectivity index (χ1) is 11.8. The average Bonchev–Trinajstić information content (AvgIpc) is 2.94. The lowest BCUT2D eigenvalue weighted by molar-refractivity contribution is 0.0966. The topological polar surface area (TPSA) is 120 Å². The Morgan fingerprint density at radius 1 is 1.24 bits per heavy atom. The molecule has 2 N–H and O–H groups in total. The molecule has 25 heavy (non-hydrogen) atoms. The number of hydrogen-bond acceptors (Lipinski definition) is 7. The fourth-order valence-corrected chi connectivity index (χ4v) is 3.88. The van der Waals surface area contributed by atoms with Gasteiger partial charge in [0, 0.05) is 6.54 Å². The summed E-state index contributed by atoms with van der Waals surface area (Å²) in [6, 6.07) is 6.15. The molecule has 1 aromatic carbocycles. The second-order valence-corrected chi connectivity index (χ2v) is 8.37. The van der Waals surface area contributed by atoms with Gasteiger partial charge in [0.15, 0.2) is 5.78 Å². The highest BCUT2D eigenvalue weighted by Crippen LogP contribution is 2.25. The number of benzene rings is 1. The molecule has 0 fully saturated rings. The lowest BCUT2D eigenvalue weighted by atomic mass is 9.98. The molecule has 0 atom stereocenters. The van der Waals surface area contributed by atoms with Gasteiger partial charge in [-0.1, -0.05) is 12.1 Å². The molecule has 130 valence electrons. The van der Waals surface area contributed by atoms with Crippen LogP contribution < -0.4 is 5.14 Å². The third-order valence-corrected chi connectivity index (χ3v) is 5.69. The van der Waals surface area contributed by atoms with Gasteiger partial charge in [0.25, 0.3) is 0 Å². The van der Waals surface area contributed by atoms with Gasteiger partial charge in [-0.05, 0) is 31.0 Å². The Morgan fingerprint density at radius 3 is 2.56 bits per heavy atom. The lowest BCUT2D eigenvalue weighted by Gasteiger charge is -2.10. The van der Waals surface area contributed by atoms with Crippen LogP contribution in [0.25, 0.3) is 0 Å². The lowest BCUT2D eigenvalue weighted by Crippen LogP contribution is -2.26. The Hall–Kier alpha value is -2.23. The number of carbonyl (C=O) groups is 2. The van der Waals surface area contributed by atoms with Crippen molar-refractivity contribution < 1.29 is 18.0 Å². The van der Waals surface area contributed by atoms with E-state index in [-0.39, 0.29) is 34.3 Å². The minimum absolute atomic E-state index is 0.00216. The van der Waals surface area contributed by atoms with Gasteiger partial charge in [-0.2, -0.15) is 0 Å². The van der Waals surface area contributed by atoms with E-state index in [0.29, 0.717) is 22.9 Å². The molecular formula is C16H15N3O4S2. The van der Waals surface area contributed by atoms with Crippen LogP contribution >= 0.6 is 11.3 Å². The number of fused-ring (bicyclic) bond motifs is 1. The monoisotopic (exact) mass is 377 g/mol. The van der Waals surface area contributed by atoms with Gasteiger partial charge in [-0.25, -0.2) is 18.5 Å². The molecule has 9 heteroatoms. The molecule has 0 aliphatic heterocycles. The molecule has 0 saturated carbocycles. The van der Waals surface area contributed by atoms with Gasteiger partial charge in [-0.3, -0.25) is 14.6 Å². The van der Waals surface area contributed by atoms with Crippen molar-refractivity contribution in [1.29, 1.82) is 0 Å². The largest absolute Gasteiger partial charge is 0.293 e. The number of sulfonamides is 1. The quantitative estimate of drug-likeness (QED) is 0.867. The van der Waals surface area contributed by atoms with Crippen LogP contribution in [0.2, 0.25) is 0 Å². The summed E-state index contributed by atoms with van der Waals surface area (Å²) in [5, 5.41) is 5.73. The van der Waals surface area contributed by atoms with Crippen molar-refractivity contribution in [3.63, 3.8) is 0 Å². The summed E-state index contributed by atoms with van der Waals surface area (Å²) < 4.78 is 22.4. The first-order valence-electron chi connectivity index (χ1n) is 7.46. The number of nitrogens with zero attached hydrogens (tertiary/aromatic N) is 2. The van der Waals surface area contributed by atoms with E-state index in [4.69, 9.17) is 5.14 Å². The summed E-state index contributed by atoms with van der Waals surface area (Å²) in [5.74, 6) is -0.417. The predicted octanol–water partition coefficient (Wildman–Crippen LogP) is 1.55. The maximum Gasteiger partial charge on any atom is 0.238 e. The molecule has 2 aromatic rings. The van der Waals surface area contributed by atoms with Gasteiger partial charge in [-0.15, -0.1) is 11.3 Å².